The molecule has 3 aromatic heterocycles. The molecular formula is C33H39F3N6O4. The van der Waals surface area contributed by atoms with Crippen LogP contribution in [0.1, 0.15) is 66.6 Å². The smallest absolute Gasteiger partial charge is 0.416 e. The number of aliphatic carboxylic acids is 1. The van der Waals surface area contributed by atoms with Gasteiger partial charge in [-0.25, -0.2) is 0 Å². The number of aromatic nitrogens is 4. The van der Waals surface area contributed by atoms with Crippen molar-refractivity contribution in [2.75, 3.05) is 20.6 Å². The van der Waals surface area contributed by atoms with E-state index in [1.165, 1.54) is 6.33 Å². The van der Waals surface area contributed by atoms with Crippen LogP contribution in [-0.2, 0) is 22.2 Å². The molecule has 1 amide bonds. The number of carbonyl (C=O) groups excluding carboxylic acids is 1. The molecule has 0 unspecified atom stereocenters. The molecule has 4 rings (SSSR count). The van der Waals surface area contributed by atoms with Gasteiger partial charge in [0.05, 0.1) is 18.0 Å². The summed E-state index contributed by atoms with van der Waals surface area (Å²) in [5, 5.41) is 20.9. The summed E-state index contributed by atoms with van der Waals surface area (Å²) in [6.45, 7) is 7.85. The van der Waals surface area contributed by atoms with Crippen molar-refractivity contribution in [3.05, 3.63) is 87.2 Å². The van der Waals surface area contributed by atoms with Gasteiger partial charge in [-0.05, 0) is 80.6 Å². The molecule has 0 radical (unpaired) electrons. The second-order valence-corrected chi connectivity index (χ2v) is 12.3. The third kappa shape index (κ3) is 7.82. The van der Waals surface area contributed by atoms with Gasteiger partial charge in [-0.2, -0.15) is 13.2 Å². The lowest BCUT2D eigenvalue weighted by atomic mass is 9.94. The van der Waals surface area contributed by atoms with Gasteiger partial charge in [0, 0.05) is 30.6 Å². The summed E-state index contributed by atoms with van der Waals surface area (Å²) in [5.74, 6) is -2.03. The second kappa shape index (κ2) is 13.9. The average Bonchev–Trinajstić information content (AvgIpc) is 3.42. The Hall–Kier alpha value is -4.52. The third-order valence-corrected chi connectivity index (χ3v) is 7.89. The Balaban J connectivity index is 1.82. The van der Waals surface area contributed by atoms with Gasteiger partial charge in [-0.15, -0.1) is 10.2 Å². The van der Waals surface area contributed by atoms with Crippen molar-refractivity contribution < 1.29 is 27.9 Å². The molecule has 2 N–H and O–H groups in total. The summed E-state index contributed by atoms with van der Waals surface area (Å²) in [6.07, 6.45) is -0.740. The summed E-state index contributed by atoms with van der Waals surface area (Å²) < 4.78 is 44.5. The minimum Gasteiger partial charge on any atom is -0.481 e. The van der Waals surface area contributed by atoms with E-state index >= 15 is 0 Å². The molecule has 0 aliphatic carbocycles. The molecule has 2 atom stereocenters. The van der Waals surface area contributed by atoms with Gasteiger partial charge in [0.25, 0.3) is 5.56 Å². The molecule has 0 saturated heterocycles. The fraction of sp³-hybridized carbons (Fsp3) is 0.424. The van der Waals surface area contributed by atoms with E-state index in [0.717, 1.165) is 33.0 Å². The number of halogens is 3. The van der Waals surface area contributed by atoms with Crippen molar-refractivity contribution in [3.8, 4) is 11.1 Å². The fourth-order valence-corrected chi connectivity index (χ4v) is 5.74. The van der Waals surface area contributed by atoms with Crippen LogP contribution < -0.4 is 10.9 Å². The molecule has 0 aliphatic heterocycles. The SMILES string of the molecule is Cc1cccc(C)c1-c1cc([C@@H](CC(=O)O)NC(=O)[C@H](CC(C)C)n2cc(CCN(C)C)c(C(F)(F)F)cc2=O)c2nncn2c1. The van der Waals surface area contributed by atoms with Gasteiger partial charge in [-0.3, -0.25) is 18.8 Å². The predicted octanol–water partition coefficient (Wildman–Crippen LogP) is 5.22. The van der Waals surface area contributed by atoms with Crippen LogP contribution in [-0.4, -0.2) is 61.7 Å². The van der Waals surface area contributed by atoms with Crippen LogP contribution in [0.25, 0.3) is 16.8 Å². The largest absolute Gasteiger partial charge is 0.481 e. The number of carboxylic acids is 1. The zero-order valence-electron chi connectivity index (χ0n) is 26.7. The fourth-order valence-electron chi connectivity index (χ4n) is 5.74. The van der Waals surface area contributed by atoms with E-state index in [2.05, 4.69) is 15.5 Å². The number of benzene rings is 1. The number of carbonyl (C=O) groups is 2. The van der Waals surface area contributed by atoms with E-state index < -0.39 is 47.7 Å². The van der Waals surface area contributed by atoms with Crippen LogP contribution in [0.15, 0.2) is 53.8 Å². The first kappa shape index (κ1) is 34.4. The summed E-state index contributed by atoms with van der Waals surface area (Å²) in [5.41, 5.74) is 2.25. The minimum atomic E-state index is -4.76. The third-order valence-electron chi connectivity index (χ3n) is 7.89. The maximum atomic E-state index is 14.1. The van der Waals surface area contributed by atoms with E-state index in [4.69, 9.17) is 0 Å². The Morgan fingerprint density at radius 3 is 2.35 bits per heavy atom. The van der Waals surface area contributed by atoms with Gasteiger partial charge >= 0.3 is 12.1 Å². The quantitative estimate of drug-likeness (QED) is 0.218. The second-order valence-electron chi connectivity index (χ2n) is 12.3. The Morgan fingerprint density at radius 1 is 1.09 bits per heavy atom. The molecule has 0 spiro atoms. The predicted molar refractivity (Wildman–Crippen MR) is 167 cm³/mol. The lowest BCUT2D eigenvalue weighted by Crippen LogP contribution is -2.40. The summed E-state index contributed by atoms with van der Waals surface area (Å²) >= 11 is 0. The number of carboxylic acid groups (broad SMARTS) is 1. The zero-order valence-corrected chi connectivity index (χ0v) is 26.7. The Morgan fingerprint density at radius 2 is 1.76 bits per heavy atom. The molecule has 46 heavy (non-hydrogen) atoms. The topological polar surface area (TPSA) is 122 Å². The highest BCUT2D eigenvalue weighted by atomic mass is 19.4. The van der Waals surface area contributed by atoms with E-state index in [9.17, 15) is 32.7 Å². The number of hydrogen-bond acceptors (Lipinski definition) is 6. The molecule has 4 aromatic rings. The average molecular weight is 641 g/mol. The Kier molecular flexibility index (Phi) is 10.3. The number of hydrogen-bond donors (Lipinski definition) is 2. The van der Waals surface area contributed by atoms with Crippen molar-refractivity contribution in [3.63, 3.8) is 0 Å². The lowest BCUT2D eigenvalue weighted by molar-refractivity contribution is -0.139. The number of nitrogens with zero attached hydrogens (tertiary/aromatic N) is 5. The number of likely N-dealkylation sites (N-methyl/N-ethyl adjacent to an activating group) is 1. The van der Waals surface area contributed by atoms with Crippen LogP contribution in [0, 0.1) is 19.8 Å². The molecule has 0 bridgehead atoms. The van der Waals surface area contributed by atoms with Gasteiger partial charge < -0.3 is 19.9 Å². The lowest BCUT2D eigenvalue weighted by Gasteiger charge is -2.26. The van der Waals surface area contributed by atoms with Gasteiger partial charge in [0.15, 0.2) is 5.65 Å². The number of aryl methyl sites for hydroxylation is 2. The minimum absolute atomic E-state index is 0.00421. The van der Waals surface area contributed by atoms with Crippen LogP contribution in [0.4, 0.5) is 13.2 Å². The zero-order chi connectivity index (χ0) is 33.9. The van der Waals surface area contributed by atoms with Crippen molar-refractivity contribution in [2.24, 2.45) is 5.92 Å². The molecule has 0 fully saturated rings. The molecule has 3 heterocycles. The van der Waals surface area contributed by atoms with Gasteiger partial charge in [0.2, 0.25) is 5.91 Å². The number of fused-ring (bicyclic) bond motifs is 1. The van der Waals surface area contributed by atoms with E-state index in [0.29, 0.717) is 17.3 Å². The Labute approximate surface area is 264 Å². The Bertz CT molecular complexity index is 1770. The summed E-state index contributed by atoms with van der Waals surface area (Å²) in [7, 11) is 3.45. The molecule has 10 nitrogen and oxygen atoms in total. The van der Waals surface area contributed by atoms with Crippen molar-refractivity contribution in [1.82, 2.24) is 29.4 Å². The number of rotatable bonds is 12. The number of amides is 1. The van der Waals surface area contributed by atoms with Crippen LogP contribution in [0.3, 0.4) is 0 Å². The summed E-state index contributed by atoms with van der Waals surface area (Å²) in [4.78, 5) is 41.1. The normalized spacial score (nSPS) is 13.4. The molecule has 1 aromatic carbocycles. The van der Waals surface area contributed by atoms with E-state index in [1.54, 1.807) is 29.5 Å². The number of pyridine rings is 2. The first-order valence-corrected chi connectivity index (χ1v) is 15.0. The first-order valence-electron chi connectivity index (χ1n) is 15.0. The molecule has 0 aliphatic rings. The van der Waals surface area contributed by atoms with Crippen molar-refractivity contribution in [2.45, 2.75) is 65.2 Å². The molecule has 13 heteroatoms. The highest BCUT2D eigenvalue weighted by molar-refractivity contribution is 5.82. The monoisotopic (exact) mass is 640 g/mol. The molecule has 0 saturated carbocycles. The number of alkyl halides is 3. The van der Waals surface area contributed by atoms with Crippen LogP contribution in [0.5, 0.6) is 0 Å². The van der Waals surface area contributed by atoms with E-state index in [1.807, 2.05) is 52.1 Å². The highest BCUT2D eigenvalue weighted by Gasteiger charge is 2.36. The van der Waals surface area contributed by atoms with Crippen molar-refractivity contribution >= 4 is 17.5 Å². The maximum Gasteiger partial charge on any atom is 0.416 e. The molecular weight excluding hydrogens is 601 g/mol. The van der Waals surface area contributed by atoms with Crippen molar-refractivity contribution in [1.29, 1.82) is 0 Å². The highest BCUT2D eigenvalue weighted by Crippen LogP contribution is 2.34. The maximum absolute atomic E-state index is 14.1. The summed E-state index contributed by atoms with van der Waals surface area (Å²) in [6, 6.07) is 5.85. The van der Waals surface area contributed by atoms with Gasteiger partial charge in [-0.1, -0.05) is 32.0 Å². The first-order chi connectivity index (χ1) is 21.6. The standard InChI is InChI=1S/C33H39F3N6O4/c1-19(2)12-27(42-17-22(10-11-40(5)6)25(14-28(42)43)33(34,35)36)32(46)38-26(15-29(44)45)24-13-23(16-41-18-37-39-31(24)41)30-20(3)8-7-9-21(30)4/h7-9,13-14,16-19,26-27H,10-12,15H2,1-6H3,(H,38,46)(H,44,45)/t26-,27+/m1/s1. The van der Waals surface area contributed by atoms with Crippen LogP contribution >= 0.6 is 0 Å². The van der Waals surface area contributed by atoms with E-state index in [-0.39, 0.29) is 30.9 Å². The van der Waals surface area contributed by atoms with Gasteiger partial charge in [0.1, 0.15) is 12.4 Å². The van der Waals surface area contributed by atoms with Crippen LogP contribution in [0.2, 0.25) is 0 Å². The number of nitrogens with one attached hydrogen (secondary N) is 1. The molecule has 246 valence electrons.